The number of hydrogen-bond acceptors (Lipinski definition) is 1. The second-order valence-corrected chi connectivity index (χ2v) is 4.60. The highest BCUT2D eigenvalue weighted by molar-refractivity contribution is 5.52. The van der Waals surface area contributed by atoms with Crippen LogP contribution < -0.4 is 5.32 Å². The van der Waals surface area contributed by atoms with Gasteiger partial charge in [-0.25, -0.2) is 0 Å². The summed E-state index contributed by atoms with van der Waals surface area (Å²) in [6.07, 6.45) is 5.52. The van der Waals surface area contributed by atoms with Crippen LogP contribution in [0.5, 0.6) is 0 Å². The van der Waals surface area contributed by atoms with Gasteiger partial charge in [-0.05, 0) is 50.5 Å². The zero-order valence-corrected chi connectivity index (χ0v) is 13.3. The summed E-state index contributed by atoms with van der Waals surface area (Å²) in [5.41, 5.74) is 6.02. The van der Waals surface area contributed by atoms with Gasteiger partial charge in [-0.1, -0.05) is 55.7 Å². The SMILES string of the molecule is C=C/C(C)=C(\C=C)NCC.C=Cc1cc(C)ccc1C. The van der Waals surface area contributed by atoms with E-state index >= 15 is 0 Å². The fourth-order valence-corrected chi connectivity index (χ4v) is 1.65. The van der Waals surface area contributed by atoms with E-state index in [0.29, 0.717) is 0 Å². The Hall–Kier alpha value is -2.02. The largest absolute Gasteiger partial charge is 0.385 e. The van der Waals surface area contributed by atoms with E-state index in [-0.39, 0.29) is 0 Å². The average molecular weight is 269 g/mol. The van der Waals surface area contributed by atoms with Gasteiger partial charge in [0.15, 0.2) is 0 Å². The molecule has 1 aromatic rings. The van der Waals surface area contributed by atoms with Gasteiger partial charge in [0.2, 0.25) is 0 Å². The summed E-state index contributed by atoms with van der Waals surface area (Å²) < 4.78 is 0. The molecule has 1 N–H and O–H groups in total. The van der Waals surface area contributed by atoms with Gasteiger partial charge in [-0.3, -0.25) is 0 Å². The maximum Gasteiger partial charge on any atom is 0.0363 e. The predicted molar refractivity (Wildman–Crippen MR) is 92.8 cm³/mol. The highest BCUT2D eigenvalue weighted by atomic mass is 14.9. The van der Waals surface area contributed by atoms with Crippen molar-refractivity contribution < 1.29 is 0 Å². The zero-order chi connectivity index (χ0) is 15.5. The van der Waals surface area contributed by atoms with Gasteiger partial charge in [0, 0.05) is 12.2 Å². The maximum absolute atomic E-state index is 3.73. The lowest BCUT2D eigenvalue weighted by molar-refractivity contribution is 0.870. The Balaban J connectivity index is 0.000000361. The monoisotopic (exact) mass is 269 g/mol. The summed E-state index contributed by atoms with van der Waals surface area (Å²) in [5, 5.41) is 3.17. The van der Waals surface area contributed by atoms with Crippen molar-refractivity contribution >= 4 is 6.08 Å². The Morgan fingerprint density at radius 2 is 1.80 bits per heavy atom. The molecule has 0 spiro atoms. The highest BCUT2D eigenvalue weighted by Gasteiger charge is 1.91. The van der Waals surface area contributed by atoms with E-state index in [2.05, 4.69) is 64.0 Å². The predicted octanol–water partition coefficient (Wildman–Crippen LogP) is 5.19. The molecular formula is C19H27N. The van der Waals surface area contributed by atoms with Gasteiger partial charge in [0.25, 0.3) is 0 Å². The summed E-state index contributed by atoms with van der Waals surface area (Å²) in [6, 6.07) is 6.37. The molecule has 0 atom stereocenters. The van der Waals surface area contributed by atoms with Crippen molar-refractivity contribution in [3.63, 3.8) is 0 Å². The van der Waals surface area contributed by atoms with Gasteiger partial charge < -0.3 is 5.32 Å². The minimum absolute atomic E-state index is 0.923. The van der Waals surface area contributed by atoms with Crippen LogP contribution in [0.2, 0.25) is 0 Å². The summed E-state index contributed by atoms with van der Waals surface area (Å²) in [7, 11) is 0. The fraction of sp³-hybridized carbons (Fsp3) is 0.263. The van der Waals surface area contributed by atoms with E-state index < -0.39 is 0 Å². The van der Waals surface area contributed by atoms with Gasteiger partial charge in [0.05, 0.1) is 0 Å². The number of rotatable bonds is 5. The van der Waals surface area contributed by atoms with Crippen molar-refractivity contribution in [2.45, 2.75) is 27.7 Å². The molecule has 0 aliphatic heterocycles. The molecule has 1 heteroatoms. The summed E-state index contributed by atoms with van der Waals surface area (Å²) in [6.45, 7) is 20.2. The number of aryl methyl sites for hydroxylation is 2. The summed E-state index contributed by atoms with van der Waals surface area (Å²) in [4.78, 5) is 0. The number of allylic oxidation sites excluding steroid dienone is 3. The summed E-state index contributed by atoms with van der Waals surface area (Å²) >= 11 is 0. The Morgan fingerprint density at radius 1 is 1.15 bits per heavy atom. The molecule has 0 saturated carbocycles. The Morgan fingerprint density at radius 3 is 2.20 bits per heavy atom. The molecule has 1 nitrogen and oxygen atoms in total. The molecule has 1 aromatic carbocycles. The molecule has 0 amide bonds. The smallest absolute Gasteiger partial charge is 0.0363 e. The van der Waals surface area contributed by atoms with Crippen LogP contribution in [-0.4, -0.2) is 6.54 Å². The van der Waals surface area contributed by atoms with E-state index in [1.807, 2.05) is 19.1 Å². The number of likely N-dealkylation sites (N-methyl/N-ethyl adjacent to an activating group) is 1. The molecule has 0 aliphatic rings. The summed E-state index contributed by atoms with van der Waals surface area (Å²) in [5.74, 6) is 0. The number of benzene rings is 1. The molecular weight excluding hydrogens is 242 g/mol. The van der Waals surface area contributed by atoms with Crippen molar-refractivity contribution in [2.75, 3.05) is 6.54 Å². The van der Waals surface area contributed by atoms with Crippen LogP contribution in [0.15, 0.2) is 61.4 Å². The van der Waals surface area contributed by atoms with Crippen molar-refractivity contribution in [3.8, 4) is 0 Å². The lowest BCUT2D eigenvalue weighted by atomic mass is 10.1. The van der Waals surface area contributed by atoms with Crippen LogP contribution in [0.25, 0.3) is 6.08 Å². The molecule has 1 rings (SSSR count). The van der Waals surface area contributed by atoms with Crippen LogP contribution in [0.1, 0.15) is 30.5 Å². The molecule has 0 heterocycles. The van der Waals surface area contributed by atoms with Gasteiger partial charge in [0.1, 0.15) is 0 Å². The van der Waals surface area contributed by atoms with E-state index in [9.17, 15) is 0 Å². The van der Waals surface area contributed by atoms with E-state index in [1.165, 1.54) is 16.7 Å². The molecule has 0 radical (unpaired) electrons. The third-order valence-corrected chi connectivity index (χ3v) is 2.96. The second kappa shape index (κ2) is 9.85. The second-order valence-electron chi connectivity index (χ2n) is 4.60. The van der Waals surface area contributed by atoms with Crippen LogP contribution in [-0.2, 0) is 0 Å². The van der Waals surface area contributed by atoms with E-state index in [1.54, 1.807) is 6.08 Å². The number of hydrogen-bond donors (Lipinski definition) is 1. The first-order valence-corrected chi connectivity index (χ1v) is 6.89. The Labute approximate surface area is 124 Å². The molecule has 108 valence electrons. The van der Waals surface area contributed by atoms with Crippen LogP contribution in [0, 0.1) is 13.8 Å². The molecule has 0 bridgehead atoms. The molecule has 0 aromatic heterocycles. The third kappa shape index (κ3) is 6.24. The topological polar surface area (TPSA) is 12.0 Å². The quantitative estimate of drug-likeness (QED) is 0.725. The van der Waals surface area contributed by atoms with E-state index in [4.69, 9.17) is 0 Å². The molecule has 0 aliphatic carbocycles. The Kier molecular flexibility index (Phi) is 8.86. The standard InChI is InChI=1S/C10H12.C9H15N/c1-4-10-7-8(2)5-6-9(10)3;1-5-8(4)9(6-2)10-7-3/h4-7H,1H2,2-3H3;5-6,10H,1-2,7H2,3-4H3/b;9-8+. The van der Waals surface area contributed by atoms with Crippen LogP contribution in [0.4, 0.5) is 0 Å². The van der Waals surface area contributed by atoms with Crippen LogP contribution in [0.3, 0.4) is 0 Å². The first-order valence-electron chi connectivity index (χ1n) is 6.89. The first-order chi connectivity index (χ1) is 9.49. The minimum Gasteiger partial charge on any atom is -0.385 e. The van der Waals surface area contributed by atoms with Gasteiger partial charge in [-0.15, -0.1) is 0 Å². The molecule has 0 unspecified atom stereocenters. The van der Waals surface area contributed by atoms with Crippen molar-refractivity contribution in [1.29, 1.82) is 0 Å². The lowest BCUT2D eigenvalue weighted by Crippen LogP contribution is -2.11. The fourth-order valence-electron chi connectivity index (χ4n) is 1.65. The van der Waals surface area contributed by atoms with Gasteiger partial charge in [-0.2, -0.15) is 0 Å². The van der Waals surface area contributed by atoms with Gasteiger partial charge >= 0.3 is 0 Å². The van der Waals surface area contributed by atoms with Crippen LogP contribution >= 0.6 is 0 Å². The average Bonchev–Trinajstić information content (AvgIpc) is 2.47. The van der Waals surface area contributed by atoms with Crippen molar-refractivity contribution in [2.24, 2.45) is 0 Å². The molecule has 0 fully saturated rings. The molecule has 20 heavy (non-hydrogen) atoms. The first kappa shape index (κ1) is 18.0. The van der Waals surface area contributed by atoms with E-state index in [0.717, 1.165) is 17.8 Å². The van der Waals surface area contributed by atoms with Crippen molar-refractivity contribution in [3.05, 3.63) is 78.0 Å². The normalized spacial score (nSPS) is 10.6. The maximum atomic E-state index is 3.73. The minimum atomic E-state index is 0.923. The number of nitrogens with one attached hydrogen (secondary N) is 1. The zero-order valence-electron chi connectivity index (χ0n) is 13.3. The lowest BCUT2D eigenvalue weighted by Gasteiger charge is -2.05. The third-order valence-electron chi connectivity index (χ3n) is 2.96. The molecule has 0 saturated heterocycles. The van der Waals surface area contributed by atoms with Crippen molar-refractivity contribution in [1.82, 2.24) is 5.32 Å². The highest BCUT2D eigenvalue weighted by Crippen LogP contribution is 2.10. The Bertz CT molecular complexity index is 492.